The predicted molar refractivity (Wildman–Crippen MR) is 41.4 cm³/mol. The Hall–Kier alpha value is -1.50. The van der Waals surface area contributed by atoms with Gasteiger partial charge in [0.25, 0.3) is 5.91 Å². The number of primary amides is 1. The van der Waals surface area contributed by atoms with Crippen molar-refractivity contribution in [2.75, 3.05) is 6.54 Å². The van der Waals surface area contributed by atoms with E-state index in [1.165, 1.54) is 6.20 Å². The number of carbonyl (C=O) groups excluding carboxylic acids is 2. The van der Waals surface area contributed by atoms with E-state index in [-0.39, 0.29) is 12.2 Å². The van der Waals surface area contributed by atoms with Gasteiger partial charge in [0.1, 0.15) is 0 Å². The van der Waals surface area contributed by atoms with Gasteiger partial charge >= 0.3 is 0 Å². The second kappa shape index (κ2) is 3.77. The van der Waals surface area contributed by atoms with E-state index in [9.17, 15) is 9.59 Å². The van der Waals surface area contributed by atoms with Gasteiger partial charge in [0.2, 0.25) is 5.91 Å². The molecule has 0 unspecified atom stereocenters. The zero-order valence-corrected chi connectivity index (χ0v) is 6.80. The number of nitrogens with zero attached hydrogens (tertiary/aromatic N) is 2. The van der Waals surface area contributed by atoms with Crippen molar-refractivity contribution in [3.8, 4) is 0 Å². The fourth-order valence-electron chi connectivity index (χ4n) is 0.523. The fraction of sp³-hybridized carbons (Fsp3) is 0.200. The van der Waals surface area contributed by atoms with E-state index in [0.717, 1.165) is 11.7 Å². The van der Waals surface area contributed by atoms with Gasteiger partial charge in [0.05, 0.1) is 24.5 Å². The maximum absolute atomic E-state index is 11.0. The van der Waals surface area contributed by atoms with Gasteiger partial charge in [-0.05, 0) is 0 Å². The second-order valence-electron chi connectivity index (χ2n) is 1.94. The normalized spacial score (nSPS) is 9.33. The molecule has 0 atom stereocenters. The quantitative estimate of drug-likeness (QED) is 0.616. The lowest BCUT2D eigenvalue weighted by atomic mass is 10.4. The first-order valence-corrected chi connectivity index (χ1v) is 3.77. The van der Waals surface area contributed by atoms with Crippen molar-refractivity contribution in [1.82, 2.24) is 14.1 Å². The van der Waals surface area contributed by atoms with Crippen molar-refractivity contribution in [2.45, 2.75) is 0 Å². The maximum Gasteiger partial charge on any atom is 0.273 e. The highest BCUT2D eigenvalue weighted by Gasteiger charge is 2.08. The van der Waals surface area contributed by atoms with Crippen molar-refractivity contribution in [1.29, 1.82) is 0 Å². The molecular formula is C5H6N4O2S. The molecule has 1 aromatic heterocycles. The molecule has 7 heteroatoms. The first kappa shape index (κ1) is 8.60. The molecule has 6 nitrogen and oxygen atoms in total. The summed E-state index contributed by atoms with van der Waals surface area (Å²) in [7, 11) is 0. The Morgan fingerprint density at radius 3 is 2.92 bits per heavy atom. The SMILES string of the molecule is NC(=O)CNC(=O)c1cnsn1. The molecule has 2 amide bonds. The number of hydrogen-bond acceptors (Lipinski definition) is 5. The van der Waals surface area contributed by atoms with Crippen molar-refractivity contribution >= 4 is 23.5 Å². The lowest BCUT2D eigenvalue weighted by Crippen LogP contribution is -2.33. The minimum absolute atomic E-state index is 0.184. The van der Waals surface area contributed by atoms with Crippen LogP contribution in [0.4, 0.5) is 0 Å². The molecule has 0 spiro atoms. The van der Waals surface area contributed by atoms with Crippen LogP contribution in [0.15, 0.2) is 6.20 Å². The minimum Gasteiger partial charge on any atom is -0.368 e. The Labute approximate surface area is 72.1 Å². The number of hydrogen-bond donors (Lipinski definition) is 2. The van der Waals surface area contributed by atoms with Crippen LogP contribution < -0.4 is 11.1 Å². The van der Waals surface area contributed by atoms with E-state index in [4.69, 9.17) is 5.73 Å². The summed E-state index contributed by atoms with van der Waals surface area (Å²) in [4.78, 5) is 21.2. The average Bonchev–Trinajstić information content (AvgIpc) is 2.51. The Bertz CT molecular complexity index is 284. The Kier molecular flexibility index (Phi) is 2.70. The highest BCUT2D eigenvalue weighted by Crippen LogP contribution is 1.93. The van der Waals surface area contributed by atoms with E-state index in [0.29, 0.717) is 0 Å². The van der Waals surface area contributed by atoms with Crippen molar-refractivity contribution < 1.29 is 9.59 Å². The third-order valence-corrected chi connectivity index (χ3v) is 1.50. The van der Waals surface area contributed by atoms with Gasteiger partial charge in [-0.15, -0.1) is 0 Å². The molecule has 0 saturated heterocycles. The third-order valence-electron chi connectivity index (χ3n) is 1.02. The summed E-state index contributed by atoms with van der Waals surface area (Å²) in [5, 5.41) is 2.28. The van der Waals surface area contributed by atoms with E-state index in [1.807, 2.05) is 0 Å². The molecule has 0 aliphatic rings. The topological polar surface area (TPSA) is 98.0 Å². The summed E-state index contributed by atoms with van der Waals surface area (Å²) in [5.41, 5.74) is 5.00. The smallest absolute Gasteiger partial charge is 0.273 e. The van der Waals surface area contributed by atoms with Crippen LogP contribution in [0.2, 0.25) is 0 Å². The predicted octanol–water partition coefficient (Wildman–Crippen LogP) is -1.25. The number of aromatic nitrogens is 2. The fourth-order valence-corrected chi connectivity index (χ4v) is 0.935. The van der Waals surface area contributed by atoms with E-state index in [2.05, 4.69) is 14.1 Å². The highest BCUT2D eigenvalue weighted by molar-refractivity contribution is 6.99. The average molecular weight is 186 g/mol. The summed E-state index contributed by atoms with van der Waals surface area (Å²) in [6.07, 6.45) is 1.32. The molecule has 0 aliphatic heterocycles. The van der Waals surface area contributed by atoms with Gasteiger partial charge in [0, 0.05) is 0 Å². The largest absolute Gasteiger partial charge is 0.368 e. The van der Waals surface area contributed by atoms with E-state index >= 15 is 0 Å². The lowest BCUT2D eigenvalue weighted by molar-refractivity contribution is -0.117. The van der Waals surface area contributed by atoms with Crippen LogP contribution in [0, 0.1) is 0 Å². The van der Waals surface area contributed by atoms with Crippen molar-refractivity contribution in [3.63, 3.8) is 0 Å². The molecule has 0 fully saturated rings. The molecule has 0 aromatic carbocycles. The minimum atomic E-state index is -0.591. The molecule has 0 bridgehead atoms. The Balaban J connectivity index is 2.45. The molecule has 64 valence electrons. The van der Waals surface area contributed by atoms with Crippen LogP contribution in [0.5, 0.6) is 0 Å². The van der Waals surface area contributed by atoms with Gasteiger partial charge in [-0.25, -0.2) is 0 Å². The highest BCUT2D eigenvalue weighted by atomic mass is 32.1. The molecular weight excluding hydrogens is 180 g/mol. The molecule has 1 aromatic rings. The third kappa shape index (κ3) is 2.27. The first-order chi connectivity index (χ1) is 5.70. The summed E-state index contributed by atoms with van der Waals surface area (Å²) in [5.74, 6) is -1.03. The van der Waals surface area contributed by atoms with Crippen molar-refractivity contribution in [2.24, 2.45) is 5.73 Å². The number of rotatable bonds is 3. The number of nitrogens with one attached hydrogen (secondary N) is 1. The van der Waals surface area contributed by atoms with Crippen LogP contribution in [-0.4, -0.2) is 27.1 Å². The van der Waals surface area contributed by atoms with Crippen LogP contribution in [0.3, 0.4) is 0 Å². The monoisotopic (exact) mass is 186 g/mol. The van der Waals surface area contributed by atoms with Crippen LogP contribution >= 0.6 is 11.7 Å². The summed E-state index contributed by atoms with van der Waals surface area (Å²) in [6.45, 7) is -0.184. The van der Waals surface area contributed by atoms with Crippen LogP contribution in [0.25, 0.3) is 0 Å². The molecule has 0 aliphatic carbocycles. The lowest BCUT2D eigenvalue weighted by Gasteiger charge is -1.96. The summed E-state index contributed by atoms with van der Waals surface area (Å²) < 4.78 is 7.28. The second-order valence-corrected chi connectivity index (χ2v) is 2.50. The molecule has 1 heterocycles. The zero-order chi connectivity index (χ0) is 8.97. The van der Waals surface area contributed by atoms with Gasteiger partial charge in [-0.2, -0.15) is 8.75 Å². The number of amides is 2. The van der Waals surface area contributed by atoms with Crippen LogP contribution in [-0.2, 0) is 4.79 Å². The number of nitrogens with two attached hydrogens (primary N) is 1. The Morgan fingerprint density at radius 2 is 2.42 bits per heavy atom. The van der Waals surface area contributed by atoms with Gasteiger partial charge < -0.3 is 11.1 Å². The molecule has 12 heavy (non-hydrogen) atoms. The maximum atomic E-state index is 11.0. The molecule has 0 radical (unpaired) electrons. The van der Waals surface area contributed by atoms with Gasteiger partial charge in [-0.3, -0.25) is 9.59 Å². The molecule has 3 N–H and O–H groups in total. The number of carbonyl (C=O) groups is 2. The van der Waals surface area contributed by atoms with Crippen LogP contribution in [0.1, 0.15) is 10.5 Å². The van der Waals surface area contributed by atoms with Gasteiger partial charge in [-0.1, -0.05) is 0 Å². The zero-order valence-electron chi connectivity index (χ0n) is 5.98. The summed E-state index contributed by atoms with van der Waals surface area (Å²) >= 11 is 0.925. The summed E-state index contributed by atoms with van der Waals surface area (Å²) in [6, 6.07) is 0. The van der Waals surface area contributed by atoms with E-state index < -0.39 is 11.8 Å². The van der Waals surface area contributed by atoms with E-state index in [1.54, 1.807) is 0 Å². The molecule has 0 saturated carbocycles. The van der Waals surface area contributed by atoms with Gasteiger partial charge in [0.15, 0.2) is 5.69 Å². The van der Waals surface area contributed by atoms with Crippen molar-refractivity contribution in [3.05, 3.63) is 11.9 Å². The first-order valence-electron chi connectivity index (χ1n) is 3.04. The standard InChI is InChI=1S/C5H6N4O2S/c6-4(10)2-7-5(11)3-1-8-12-9-3/h1H,2H2,(H2,6,10)(H,7,11). The molecule has 1 rings (SSSR count). The Morgan fingerprint density at radius 1 is 1.67 bits per heavy atom.